The zero-order chi connectivity index (χ0) is 92.0. The fraction of sp³-hybridized carbons (Fsp3) is 0.245. The van der Waals surface area contributed by atoms with E-state index in [2.05, 4.69) is 109 Å². The maximum atomic E-state index is 12.2. The number of primary amides is 2. The lowest BCUT2D eigenvalue weighted by atomic mass is 9.92. The van der Waals surface area contributed by atoms with Crippen molar-refractivity contribution in [3.8, 4) is 89.5 Å². The Hall–Kier alpha value is -13.8. The lowest BCUT2D eigenvalue weighted by Gasteiger charge is -2.33. The van der Waals surface area contributed by atoms with Gasteiger partial charge < -0.3 is 69.0 Å². The largest absolute Gasteiger partial charge is 0.453 e. The van der Waals surface area contributed by atoms with Crippen molar-refractivity contribution < 1.29 is 34.1 Å². The van der Waals surface area contributed by atoms with Gasteiger partial charge in [-0.05, 0) is 151 Å². The summed E-state index contributed by atoms with van der Waals surface area (Å²) in [5.74, 6) is 2.11. The summed E-state index contributed by atoms with van der Waals surface area (Å²) in [6, 6.07) is 49.2. The van der Waals surface area contributed by atoms with Gasteiger partial charge in [-0.15, -0.1) is 0 Å². The van der Waals surface area contributed by atoms with E-state index in [4.69, 9.17) is 64.2 Å². The van der Waals surface area contributed by atoms with E-state index in [1.54, 1.807) is 74.8 Å². The number of likely N-dealkylation sites (tertiary alicyclic amines) is 4. The van der Waals surface area contributed by atoms with Gasteiger partial charge in [-0.25, -0.2) is 34.3 Å². The molecule has 13 aromatic heterocycles. The van der Waals surface area contributed by atoms with Gasteiger partial charge in [0.25, 0.3) is 5.91 Å². The number of carbonyl (C=O) groups is 4. The van der Waals surface area contributed by atoms with Crippen LogP contribution in [-0.2, 0) is 9.53 Å². The molecule has 16 aromatic rings. The number of nitrogen functional groups attached to an aromatic ring is 4. The predicted octanol–water partition coefficient (Wildman–Crippen LogP) is 15.1. The Morgan fingerprint density at radius 3 is 0.886 bits per heavy atom. The van der Waals surface area contributed by atoms with Crippen LogP contribution in [0.4, 0.5) is 37.7 Å². The van der Waals surface area contributed by atoms with Crippen molar-refractivity contribution in [2.24, 2.45) is 11.5 Å². The molecule has 1 unspecified atom stereocenters. The number of benzene rings is 3. The van der Waals surface area contributed by atoms with E-state index in [0.29, 0.717) is 116 Å². The van der Waals surface area contributed by atoms with E-state index in [9.17, 15) is 24.3 Å². The topological polar surface area (TPSA) is 472 Å². The Bertz CT molecular complexity index is 6650. The number of anilines is 4. The summed E-state index contributed by atoms with van der Waals surface area (Å²) < 4.78 is 14.3. The molecule has 0 saturated carbocycles. The molecule has 672 valence electrons. The summed E-state index contributed by atoms with van der Waals surface area (Å²) in [5, 5.41) is 36.6. The van der Waals surface area contributed by atoms with Gasteiger partial charge in [-0.2, -0.15) is 38.5 Å². The van der Waals surface area contributed by atoms with Gasteiger partial charge in [0.1, 0.15) is 23.3 Å². The van der Waals surface area contributed by atoms with Crippen LogP contribution in [0.5, 0.6) is 0 Å². The number of ether oxygens (including phenoxy) is 1. The van der Waals surface area contributed by atoms with E-state index in [1.807, 2.05) is 176 Å². The van der Waals surface area contributed by atoms with Gasteiger partial charge in [0.2, 0.25) is 0 Å². The van der Waals surface area contributed by atoms with Crippen LogP contribution in [0.2, 0.25) is 0 Å². The van der Waals surface area contributed by atoms with Crippen LogP contribution in [0, 0.1) is 0 Å². The third-order valence-corrected chi connectivity index (χ3v) is 27.7. The molecule has 6 amide bonds. The highest BCUT2D eigenvalue weighted by atomic mass is 79.9. The van der Waals surface area contributed by atoms with Crippen LogP contribution in [-0.4, -0.2) is 209 Å². The zero-order valence-corrected chi connectivity index (χ0v) is 77.8. The van der Waals surface area contributed by atoms with E-state index in [-0.39, 0.29) is 41.8 Å². The second-order valence-electron chi connectivity index (χ2n) is 32.3. The SMILES string of the molecule is COC(=O)N1CCC(c2nc3c(-c4ccc(-c5ccccc5)nc4)cnn3c(N)c2Br)CC1.NC(=O)N1CCC(c2nc3c(-c4ccc(-c5ccccc5)nc4)cnn3c(N)c2Br)CC1.NC(=O)N1CCC(c2nc3c(-c4ccc(-c5cccnc5)nc4)cnn3c(N)c2Br)CC1.Nc1c(Br)c(C2CCN(C(=O)C(O)CO)CC2)nc2c(-c3ccc(-c4ccccc4)nc3)cnn12. The average molecular weight is 2030 g/mol. The third-order valence-electron chi connectivity index (χ3n) is 24.4. The molecule has 4 aliphatic rings. The van der Waals surface area contributed by atoms with Gasteiger partial charge in [-0.1, -0.05) is 115 Å². The molecule has 0 radical (unpaired) electrons. The number of rotatable bonds is 14. The van der Waals surface area contributed by atoms with E-state index < -0.39 is 18.6 Å². The molecule has 14 N–H and O–H groups in total. The van der Waals surface area contributed by atoms with Crippen LogP contribution >= 0.6 is 63.7 Å². The van der Waals surface area contributed by atoms with Gasteiger partial charge >= 0.3 is 18.2 Å². The Morgan fingerprint density at radius 2 is 0.636 bits per heavy atom. The number of aromatic nitrogens is 17. The molecular weight excluding hydrogens is 1940 g/mol. The minimum absolute atomic E-state index is 0.0772. The maximum Gasteiger partial charge on any atom is 0.409 e. The van der Waals surface area contributed by atoms with Crippen molar-refractivity contribution in [1.82, 2.24) is 103 Å². The van der Waals surface area contributed by atoms with E-state index in [1.165, 1.54) is 7.11 Å². The number of hydrogen-bond donors (Lipinski definition) is 8. The average Bonchev–Trinajstić information content (AvgIpc) is 1.60. The van der Waals surface area contributed by atoms with Crippen LogP contribution in [0.15, 0.2) is 232 Å². The molecule has 1 atom stereocenters. The molecule has 38 heteroatoms. The number of piperidine rings is 4. The lowest BCUT2D eigenvalue weighted by molar-refractivity contribution is -0.143. The first-order valence-corrected chi connectivity index (χ1v) is 46.0. The smallest absolute Gasteiger partial charge is 0.409 e. The summed E-state index contributed by atoms with van der Waals surface area (Å²) >= 11 is 14.5. The Labute approximate surface area is 790 Å². The fourth-order valence-electron chi connectivity index (χ4n) is 17.1. The summed E-state index contributed by atoms with van der Waals surface area (Å²) in [6.45, 7) is 4.02. The van der Waals surface area contributed by atoms with Crippen molar-refractivity contribution in [3.63, 3.8) is 0 Å². The number of carbonyl (C=O) groups excluding carboxylic acids is 4. The number of aliphatic hydroxyl groups is 2. The molecule has 20 rings (SSSR count). The summed E-state index contributed by atoms with van der Waals surface area (Å²) in [5.41, 5.74) is 57.4. The molecule has 34 nitrogen and oxygen atoms in total. The number of nitrogens with zero attached hydrogens (tertiary/aromatic N) is 21. The molecule has 0 bridgehead atoms. The number of urea groups is 2. The number of aliphatic hydroxyl groups excluding tert-OH is 2. The lowest BCUT2D eigenvalue weighted by Crippen LogP contribution is -2.44. The molecule has 132 heavy (non-hydrogen) atoms. The van der Waals surface area contributed by atoms with Crippen molar-refractivity contribution in [2.45, 2.75) is 81.1 Å². The number of hydrogen-bond acceptors (Lipinski definition) is 24. The number of amides is 6. The van der Waals surface area contributed by atoms with Crippen LogP contribution in [0.1, 0.15) is 97.8 Å². The molecular formula is C94H91Br4N27O7. The fourth-order valence-corrected chi connectivity index (χ4v) is 19.4. The first-order valence-electron chi connectivity index (χ1n) is 42.8. The number of halogens is 4. The van der Waals surface area contributed by atoms with Gasteiger partial charge in [0, 0.05) is 180 Å². The number of pyridine rings is 5. The van der Waals surface area contributed by atoms with Crippen molar-refractivity contribution in [1.29, 1.82) is 0 Å². The highest BCUT2D eigenvalue weighted by Crippen LogP contribution is 2.44. The Balaban J connectivity index is 0.000000123. The van der Waals surface area contributed by atoms with Gasteiger partial charge in [-0.3, -0.25) is 29.7 Å². The molecule has 4 saturated heterocycles. The van der Waals surface area contributed by atoms with Crippen LogP contribution < -0.4 is 34.4 Å². The van der Waals surface area contributed by atoms with Crippen molar-refractivity contribution in [3.05, 3.63) is 254 Å². The Kier molecular flexibility index (Phi) is 27.2. The first-order chi connectivity index (χ1) is 64.1. The first kappa shape index (κ1) is 90.2. The quantitative estimate of drug-likeness (QED) is 0.0501. The van der Waals surface area contributed by atoms with Gasteiger partial charge in [0.15, 0.2) is 28.7 Å². The molecule has 0 aliphatic carbocycles. The highest BCUT2D eigenvalue weighted by molar-refractivity contribution is 9.11. The molecule has 3 aromatic carbocycles. The second-order valence-corrected chi connectivity index (χ2v) is 35.4. The predicted molar refractivity (Wildman–Crippen MR) is 517 cm³/mol. The molecule has 4 fully saturated rings. The van der Waals surface area contributed by atoms with Crippen molar-refractivity contribution >= 4 is 134 Å². The molecule has 17 heterocycles. The summed E-state index contributed by atoms with van der Waals surface area (Å²) in [6.07, 6.45) is 22.2. The number of methoxy groups -OCH3 is 1. The minimum atomic E-state index is -1.38. The molecule has 0 spiro atoms. The summed E-state index contributed by atoms with van der Waals surface area (Å²) in [7, 11) is 1.41. The van der Waals surface area contributed by atoms with E-state index in [0.717, 1.165) is 164 Å². The monoisotopic (exact) mass is 2030 g/mol. The molecule has 4 aliphatic heterocycles. The Morgan fingerprint density at radius 1 is 0.364 bits per heavy atom. The third kappa shape index (κ3) is 18.8. The standard InChI is InChI=1S/C25H25BrN6O3.C24H23BrN6O2.C23H22BrN7O.C22H21BrN8O/c26-21-22(16-8-10-31(11-9-16)25(35)20(34)14-33)30-24-18(13-29-32(24)23(21)27)17-6-7-19(28-12-17)15-4-2-1-3-5-15;1-33-24(32)30-11-9-16(10-12-30)21-20(25)22(26)31-23(29-21)18(14-28-31)17-7-8-19(27-13-17)15-5-3-2-4-6-15;24-19-20(15-8-10-30(11-9-15)23(26)32)29-22-17(13-28-31(22)21(19)25)16-6-7-18(27-12-16)14-4-2-1-3-5-14;23-18-19(13-5-8-30(9-6-13)22(25)32)29-21-16(12-28-31(21)20(18)24)14-3-4-17(27-11-14)15-2-1-7-26-10-15/h1-7,12-13,16,20,33-34H,8-11,14,27H2;2-8,13-14,16H,9-12,26H2,1H3;1-7,12-13,15H,8-11,25H2,(H2,26,32);1-4,7,10-13H,5-6,8-9,24H2,(H2,25,32). The number of nitrogens with two attached hydrogens (primary N) is 6. The highest BCUT2D eigenvalue weighted by Gasteiger charge is 2.35. The van der Waals surface area contributed by atoms with Crippen molar-refractivity contribution in [2.75, 3.05) is 89.0 Å². The summed E-state index contributed by atoms with van der Waals surface area (Å²) in [4.78, 5) is 96.1. The minimum Gasteiger partial charge on any atom is -0.453 e. The van der Waals surface area contributed by atoms with Crippen LogP contribution in [0.25, 0.3) is 112 Å². The number of fused-ring (bicyclic) bond motifs is 4. The van der Waals surface area contributed by atoms with Crippen LogP contribution in [0.3, 0.4) is 0 Å². The maximum absolute atomic E-state index is 12.2. The second kappa shape index (κ2) is 39.9. The normalized spacial score (nSPS) is 14.9. The van der Waals surface area contributed by atoms with E-state index >= 15 is 0 Å². The van der Waals surface area contributed by atoms with Gasteiger partial charge in [0.05, 0.1) is 102 Å². The zero-order valence-electron chi connectivity index (χ0n) is 71.4.